The maximum absolute atomic E-state index is 14.6. The first kappa shape index (κ1) is 21.1. The van der Waals surface area contributed by atoms with Crippen molar-refractivity contribution in [2.24, 2.45) is 0 Å². The Morgan fingerprint density at radius 3 is 2.66 bits per heavy atom. The van der Waals surface area contributed by atoms with Crippen molar-refractivity contribution in [2.75, 3.05) is 19.5 Å². The predicted octanol–water partition coefficient (Wildman–Crippen LogP) is 4.04. The number of thiocarbonyl (C=S) groups is 1. The predicted molar refractivity (Wildman–Crippen MR) is 117 cm³/mol. The van der Waals surface area contributed by atoms with Crippen molar-refractivity contribution in [2.45, 2.75) is 13.0 Å². The number of hydrogen-bond acceptors (Lipinski definition) is 4. The van der Waals surface area contributed by atoms with Gasteiger partial charge in [-0.15, -0.1) is 0 Å². The van der Waals surface area contributed by atoms with Crippen molar-refractivity contribution >= 4 is 44.9 Å². The first-order valence-electron chi connectivity index (χ1n) is 8.60. The Kier molecular flexibility index (Phi) is 6.39. The van der Waals surface area contributed by atoms with E-state index in [9.17, 15) is 9.18 Å². The van der Waals surface area contributed by atoms with Gasteiger partial charge in [-0.25, -0.2) is 4.39 Å². The highest BCUT2D eigenvalue weighted by Gasteiger charge is 2.32. The number of halogens is 2. The molecule has 1 amide bonds. The summed E-state index contributed by atoms with van der Waals surface area (Å²) in [6.07, 6.45) is 0. The third kappa shape index (κ3) is 4.51. The highest BCUT2D eigenvalue weighted by molar-refractivity contribution is 9.10. The SMILES string of the molecule is COc1ccc(OC)c(NC(=O)C2=C(C)NC(=S)NC2c2cc(Br)ccc2F)c1. The van der Waals surface area contributed by atoms with Crippen LogP contribution in [0.4, 0.5) is 10.1 Å². The minimum atomic E-state index is -0.766. The molecule has 2 aromatic rings. The number of carbonyl (C=O) groups excluding carboxylic acids is 1. The van der Waals surface area contributed by atoms with Crippen molar-refractivity contribution in [3.05, 3.63) is 63.5 Å². The quantitative estimate of drug-likeness (QED) is 0.562. The van der Waals surface area contributed by atoms with Crippen LogP contribution >= 0.6 is 28.1 Å². The van der Waals surface area contributed by atoms with Crippen molar-refractivity contribution in [3.8, 4) is 11.5 Å². The monoisotopic (exact) mass is 479 g/mol. The summed E-state index contributed by atoms with van der Waals surface area (Å²) in [5.74, 6) is 0.144. The second kappa shape index (κ2) is 8.79. The van der Waals surface area contributed by atoms with Gasteiger partial charge in [0.2, 0.25) is 0 Å². The number of hydrogen-bond donors (Lipinski definition) is 3. The number of ether oxygens (including phenoxy) is 2. The molecule has 3 rings (SSSR count). The van der Waals surface area contributed by atoms with Crippen LogP contribution in [0.15, 0.2) is 52.1 Å². The lowest BCUT2D eigenvalue weighted by molar-refractivity contribution is -0.113. The minimum Gasteiger partial charge on any atom is -0.497 e. The molecule has 0 saturated carbocycles. The number of allylic oxidation sites excluding steroid dienone is 1. The lowest BCUT2D eigenvalue weighted by Crippen LogP contribution is -2.46. The van der Waals surface area contributed by atoms with E-state index < -0.39 is 17.8 Å². The van der Waals surface area contributed by atoms with Gasteiger partial charge in [0.15, 0.2) is 5.11 Å². The van der Waals surface area contributed by atoms with E-state index >= 15 is 0 Å². The van der Waals surface area contributed by atoms with Crippen molar-refractivity contribution in [1.29, 1.82) is 0 Å². The van der Waals surface area contributed by atoms with Gasteiger partial charge >= 0.3 is 0 Å². The highest BCUT2D eigenvalue weighted by atomic mass is 79.9. The van der Waals surface area contributed by atoms with Gasteiger partial charge in [-0.1, -0.05) is 15.9 Å². The van der Waals surface area contributed by atoms with Crippen LogP contribution in [0.5, 0.6) is 11.5 Å². The molecule has 6 nitrogen and oxygen atoms in total. The third-order valence-corrected chi connectivity index (χ3v) is 5.15. The van der Waals surface area contributed by atoms with Crippen LogP contribution < -0.4 is 25.4 Å². The number of anilines is 1. The number of amides is 1. The largest absolute Gasteiger partial charge is 0.497 e. The summed E-state index contributed by atoms with van der Waals surface area (Å²) in [7, 11) is 3.03. The maximum Gasteiger partial charge on any atom is 0.255 e. The Morgan fingerprint density at radius 1 is 1.21 bits per heavy atom. The Hall–Kier alpha value is -2.65. The normalized spacial score (nSPS) is 16.0. The van der Waals surface area contributed by atoms with Crippen LogP contribution in [-0.4, -0.2) is 25.2 Å². The molecule has 0 saturated heterocycles. The van der Waals surface area contributed by atoms with E-state index in [1.165, 1.54) is 20.3 Å². The van der Waals surface area contributed by atoms with Gasteiger partial charge in [0.05, 0.1) is 31.5 Å². The zero-order valence-electron chi connectivity index (χ0n) is 15.9. The highest BCUT2D eigenvalue weighted by Crippen LogP contribution is 2.33. The molecule has 1 atom stereocenters. The van der Waals surface area contributed by atoms with Gasteiger partial charge in [0.1, 0.15) is 17.3 Å². The van der Waals surface area contributed by atoms with E-state index in [4.69, 9.17) is 21.7 Å². The van der Waals surface area contributed by atoms with Gasteiger partial charge in [-0.3, -0.25) is 4.79 Å². The summed E-state index contributed by atoms with van der Waals surface area (Å²) in [6, 6.07) is 8.84. The minimum absolute atomic E-state index is 0.297. The number of nitrogens with one attached hydrogen (secondary N) is 3. The van der Waals surface area contributed by atoms with Crippen LogP contribution in [0, 0.1) is 5.82 Å². The molecule has 1 heterocycles. The lowest BCUT2D eigenvalue weighted by Gasteiger charge is -2.30. The second-order valence-corrected chi connectivity index (χ2v) is 7.58. The van der Waals surface area contributed by atoms with Crippen LogP contribution in [0.3, 0.4) is 0 Å². The summed E-state index contributed by atoms with van der Waals surface area (Å²) in [4.78, 5) is 13.2. The van der Waals surface area contributed by atoms with E-state index in [0.717, 1.165) is 0 Å². The molecular formula is C20H19BrFN3O3S. The smallest absolute Gasteiger partial charge is 0.255 e. The van der Waals surface area contributed by atoms with E-state index in [0.29, 0.717) is 43.6 Å². The molecule has 3 N–H and O–H groups in total. The Balaban J connectivity index is 2.02. The average molecular weight is 480 g/mol. The lowest BCUT2D eigenvalue weighted by atomic mass is 9.94. The number of rotatable bonds is 5. The van der Waals surface area contributed by atoms with E-state index in [-0.39, 0.29) is 0 Å². The summed E-state index contributed by atoms with van der Waals surface area (Å²) in [5, 5.41) is 9.05. The number of methoxy groups -OCH3 is 2. The number of benzene rings is 2. The fourth-order valence-electron chi connectivity index (χ4n) is 3.07. The second-order valence-electron chi connectivity index (χ2n) is 6.26. The van der Waals surface area contributed by atoms with Gasteiger partial charge in [0, 0.05) is 21.8 Å². The molecule has 2 aromatic carbocycles. The summed E-state index contributed by atoms with van der Waals surface area (Å²) in [5.41, 5.74) is 1.56. The van der Waals surface area contributed by atoms with Crippen molar-refractivity contribution in [3.63, 3.8) is 0 Å². The van der Waals surface area contributed by atoms with Crippen LogP contribution in [0.1, 0.15) is 18.5 Å². The molecule has 0 aliphatic carbocycles. The molecule has 1 aliphatic heterocycles. The molecular weight excluding hydrogens is 461 g/mol. The molecule has 0 spiro atoms. The summed E-state index contributed by atoms with van der Waals surface area (Å²) >= 11 is 8.57. The molecule has 0 aromatic heterocycles. The van der Waals surface area contributed by atoms with E-state index in [1.807, 2.05) is 0 Å². The third-order valence-electron chi connectivity index (χ3n) is 4.44. The molecule has 152 valence electrons. The van der Waals surface area contributed by atoms with Gasteiger partial charge in [-0.05, 0) is 49.5 Å². The average Bonchev–Trinajstić information content (AvgIpc) is 2.68. The topological polar surface area (TPSA) is 71.6 Å². The van der Waals surface area contributed by atoms with Crippen molar-refractivity contribution in [1.82, 2.24) is 10.6 Å². The van der Waals surface area contributed by atoms with Crippen LogP contribution in [-0.2, 0) is 4.79 Å². The van der Waals surface area contributed by atoms with E-state index in [1.54, 1.807) is 37.3 Å². The zero-order chi connectivity index (χ0) is 21.1. The molecule has 29 heavy (non-hydrogen) atoms. The van der Waals surface area contributed by atoms with E-state index in [2.05, 4.69) is 31.9 Å². The molecule has 0 radical (unpaired) electrons. The fraction of sp³-hybridized carbons (Fsp3) is 0.200. The Labute approximate surface area is 181 Å². The maximum atomic E-state index is 14.6. The molecule has 0 bridgehead atoms. The Bertz CT molecular complexity index is 1010. The number of carbonyl (C=O) groups is 1. The Morgan fingerprint density at radius 2 is 1.97 bits per heavy atom. The van der Waals surface area contributed by atoms with Crippen LogP contribution in [0.25, 0.3) is 0 Å². The zero-order valence-corrected chi connectivity index (χ0v) is 18.3. The molecule has 1 aliphatic rings. The standard InChI is InChI=1S/C20H19BrFN3O3S/c1-10-17(19(26)24-15-9-12(27-2)5-7-16(15)28-3)18(25-20(29)23-10)13-8-11(21)4-6-14(13)22/h4-9,18H,1-3H3,(H,24,26)(H2,23,25,29). The first-order chi connectivity index (χ1) is 13.8. The van der Waals surface area contributed by atoms with Gasteiger partial charge in [0.25, 0.3) is 5.91 Å². The summed E-state index contributed by atoms with van der Waals surface area (Å²) in [6.45, 7) is 1.72. The van der Waals surface area contributed by atoms with Crippen molar-refractivity contribution < 1.29 is 18.7 Å². The van der Waals surface area contributed by atoms with Gasteiger partial charge in [-0.2, -0.15) is 0 Å². The molecule has 1 unspecified atom stereocenters. The fourth-order valence-corrected chi connectivity index (χ4v) is 3.72. The summed E-state index contributed by atoms with van der Waals surface area (Å²) < 4.78 is 25.8. The molecule has 9 heteroatoms. The van der Waals surface area contributed by atoms with Crippen LogP contribution in [0.2, 0.25) is 0 Å². The molecule has 0 fully saturated rings. The first-order valence-corrected chi connectivity index (χ1v) is 9.80. The van der Waals surface area contributed by atoms with Gasteiger partial charge < -0.3 is 25.4 Å².